The molecule has 0 fully saturated rings. The van der Waals surface area contributed by atoms with Crippen molar-refractivity contribution < 1.29 is 9.59 Å². The fourth-order valence-electron chi connectivity index (χ4n) is 1.97. The number of rotatable bonds is 5. The van der Waals surface area contributed by atoms with E-state index in [1.54, 1.807) is 42.5 Å². The molecule has 0 aliphatic carbocycles. The van der Waals surface area contributed by atoms with Crippen LogP contribution < -0.4 is 10.6 Å². The lowest BCUT2D eigenvalue weighted by atomic mass is 10.1. The summed E-state index contributed by atoms with van der Waals surface area (Å²) in [6, 6.07) is 12.0. The van der Waals surface area contributed by atoms with Gasteiger partial charge in [0.1, 0.15) is 0 Å². The molecular formula is C17H16BrClN2O2. The fourth-order valence-corrected chi connectivity index (χ4v) is 2.69. The highest BCUT2D eigenvalue weighted by atomic mass is 79.9. The fraction of sp³-hybridized carbons (Fsp3) is 0.176. The molecule has 0 aromatic heterocycles. The summed E-state index contributed by atoms with van der Waals surface area (Å²) >= 11 is 9.41. The van der Waals surface area contributed by atoms with Crippen LogP contribution in [0.15, 0.2) is 46.9 Å². The number of carbonyl (C=O) groups is 2. The van der Waals surface area contributed by atoms with Crippen molar-refractivity contribution in [2.24, 2.45) is 0 Å². The summed E-state index contributed by atoms with van der Waals surface area (Å²) in [6.45, 7) is 1.94. The minimum atomic E-state index is -0.291. The lowest BCUT2D eigenvalue weighted by molar-refractivity contribution is -0.116. The van der Waals surface area contributed by atoms with Crippen LogP contribution in [0, 0.1) is 0 Å². The second-order valence-electron chi connectivity index (χ2n) is 4.96. The van der Waals surface area contributed by atoms with Gasteiger partial charge in [-0.15, -0.1) is 0 Å². The van der Waals surface area contributed by atoms with Crippen LogP contribution in [0.1, 0.15) is 30.1 Å². The van der Waals surface area contributed by atoms with Crippen LogP contribution in [0.5, 0.6) is 0 Å². The van der Waals surface area contributed by atoms with Crippen LogP contribution in [0.25, 0.3) is 0 Å². The van der Waals surface area contributed by atoms with Gasteiger partial charge in [0, 0.05) is 22.1 Å². The number of hydrogen-bond acceptors (Lipinski definition) is 2. The highest BCUT2D eigenvalue weighted by Gasteiger charge is 2.10. The van der Waals surface area contributed by atoms with E-state index in [1.165, 1.54) is 0 Å². The molecule has 4 nitrogen and oxygen atoms in total. The van der Waals surface area contributed by atoms with Crippen molar-refractivity contribution in [2.75, 3.05) is 10.6 Å². The Labute approximate surface area is 148 Å². The predicted molar refractivity (Wildman–Crippen MR) is 97.1 cm³/mol. The second kappa shape index (κ2) is 8.13. The largest absolute Gasteiger partial charge is 0.326 e. The maximum absolute atomic E-state index is 12.3. The average molecular weight is 396 g/mol. The minimum Gasteiger partial charge on any atom is -0.326 e. The lowest BCUT2D eigenvalue weighted by Crippen LogP contribution is -2.14. The van der Waals surface area contributed by atoms with Gasteiger partial charge >= 0.3 is 0 Å². The van der Waals surface area contributed by atoms with Gasteiger partial charge in [-0.25, -0.2) is 0 Å². The van der Waals surface area contributed by atoms with Gasteiger partial charge in [-0.05, 0) is 42.8 Å². The first-order valence-corrected chi connectivity index (χ1v) is 8.33. The zero-order valence-corrected chi connectivity index (χ0v) is 14.9. The first kappa shape index (κ1) is 17.5. The Morgan fingerprint density at radius 2 is 1.91 bits per heavy atom. The molecule has 23 heavy (non-hydrogen) atoms. The molecule has 0 saturated heterocycles. The molecule has 0 atom stereocenters. The molecule has 2 amide bonds. The summed E-state index contributed by atoms with van der Waals surface area (Å²) in [5.74, 6) is -0.359. The van der Waals surface area contributed by atoms with Gasteiger partial charge in [0.25, 0.3) is 5.91 Å². The molecule has 0 aliphatic heterocycles. The first-order valence-electron chi connectivity index (χ1n) is 7.16. The van der Waals surface area contributed by atoms with Crippen LogP contribution in [0.3, 0.4) is 0 Å². The summed E-state index contributed by atoms with van der Waals surface area (Å²) < 4.78 is 0.834. The van der Waals surface area contributed by atoms with E-state index < -0.39 is 0 Å². The molecule has 0 bridgehead atoms. The number of carbonyl (C=O) groups excluding carboxylic acids is 2. The molecular weight excluding hydrogens is 380 g/mol. The smallest absolute Gasteiger partial charge is 0.255 e. The molecule has 2 aromatic carbocycles. The Bertz CT molecular complexity index is 734. The van der Waals surface area contributed by atoms with Gasteiger partial charge in [-0.2, -0.15) is 0 Å². The van der Waals surface area contributed by atoms with E-state index in [-0.39, 0.29) is 11.8 Å². The third-order valence-electron chi connectivity index (χ3n) is 3.06. The van der Waals surface area contributed by atoms with E-state index in [9.17, 15) is 9.59 Å². The molecule has 0 spiro atoms. The molecule has 0 radical (unpaired) electrons. The minimum absolute atomic E-state index is 0.0685. The van der Waals surface area contributed by atoms with Crippen molar-refractivity contribution in [3.63, 3.8) is 0 Å². The van der Waals surface area contributed by atoms with Gasteiger partial charge in [0.15, 0.2) is 0 Å². The number of anilines is 2. The van der Waals surface area contributed by atoms with Crippen molar-refractivity contribution in [1.82, 2.24) is 0 Å². The Hall–Kier alpha value is -1.85. The molecule has 120 valence electrons. The van der Waals surface area contributed by atoms with Crippen LogP contribution in [0.4, 0.5) is 11.4 Å². The summed E-state index contributed by atoms with van der Waals surface area (Å²) in [5.41, 5.74) is 1.57. The Morgan fingerprint density at radius 1 is 1.13 bits per heavy atom. The molecule has 0 unspecified atom stereocenters. The van der Waals surface area contributed by atoms with Crippen LogP contribution >= 0.6 is 27.5 Å². The van der Waals surface area contributed by atoms with Crippen LogP contribution in [0.2, 0.25) is 5.02 Å². The van der Waals surface area contributed by atoms with Gasteiger partial charge in [0.2, 0.25) is 5.91 Å². The van der Waals surface area contributed by atoms with Gasteiger partial charge < -0.3 is 10.6 Å². The molecule has 0 heterocycles. The third kappa shape index (κ3) is 5.08. The van der Waals surface area contributed by atoms with E-state index >= 15 is 0 Å². The topological polar surface area (TPSA) is 58.2 Å². The number of amides is 2. The SMILES string of the molecule is CCCC(=O)Nc1cccc(C(=O)Nc2ccc(Br)cc2Cl)c1. The maximum atomic E-state index is 12.3. The zero-order valence-electron chi connectivity index (χ0n) is 12.5. The van der Waals surface area contributed by atoms with Crippen LogP contribution in [-0.2, 0) is 4.79 Å². The van der Waals surface area contributed by atoms with Crippen molar-refractivity contribution in [3.8, 4) is 0 Å². The summed E-state index contributed by atoms with van der Waals surface area (Å²) in [7, 11) is 0. The van der Waals surface area contributed by atoms with Gasteiger partial charge in [-0.3, -0.25) is 9.59 Å². The molecule has 2 rings (SSSR count). The van der Waals surface area contributed by atoms with Crippen molar-refractivity contribution in [2.45, 2.75) is 19.8 Å². The lowest BCUT2D eigenvalue weighted by Gasteiger charge is -2.09. The molecule has 2 aromatic rings. The van der Waals surface area contributed by atoms with Crippen molar-refractivity contribution in [1.29, 1.82) is 0 Å². The summed E-state index contributed by atoms with van der Waals surface area (Å²) in [5, 5.41) is 5.97. The Balaban J connectivity index is 2.11. The van der Waals surface area contributed by atoms with E-state index in [4.69, 9.17) is 11.6 Å². The number of halogens is 2. The van der Waals surface area contributed by atoms with Gasteiger partial charge in [0.05, 0.1) is 10.7 Å². The maximum Gasteiger partial charge on any atom is 0.255 e. The third-order valence-corrected chi connectivity index (χ3v) is 3.87. The number of hydrogen-bond donors (Lipinski definition) is 2. The van der Waals surface area contributed by atoms with Crippen molar-refractivity contribution >= 4 is 50.7 Å². The summed E-state index contributed by atoms with van der Waals surface area (Å²) in [4.78, 5) is 23.9. The van der Waals surface area contributed by atoms with E-state index in [0.29, 0.717) is 28.4 Å². The number of benzene rings is 2. The second-order valence-corrected chi connectivity index (χ2v) is 6.28. The molecule has 2 N–H and O–H groups in total. The van der Waals surface area contributed by atoms with Crippen LogP contribution in [-0.4, -0.2) is 11.8 Å². The van der Waals surface area contributed by atoms with Gasteiger partial charge in [-0.1, -0.05) is 40.5 Å². The predicted octanol–water partition coefficient (Wildman–Crippen LogP) is 5.09. The first-order chi connectivity index (χ1) is 11.0. The van der Waals surface area contributed by atoms with E-state index in [1.807, 2.05) is 6.92 Å². The standard InChI is InChI=1S/C17H16BrClN2O2/c1-2-4-16(22)20-13-6-3-5-11(9-13)17(23)21-15-8-7-12(18)10-14(15)19/h3,5-10H,2,4H2,1H3,(H,20,22)(H,21,23). The monoisotopic (exact) mass is 394 g/mol. The van der Waals surface area contributed by atoms with Crippen molar-refractivity contribution in [3.05, 3.63) is 57.5 Å². The zero-order chi connectivity index (χ0) is 16.8. The Morgan fingerprint density at radius 3 is 2.61 bits per heavy atom. The highest BCUT2D eigenvalue weighted by Crippen LogP contribution is 2.26. The highest BCUT2D eigenvalue weighted by molar-refractivity contribution is 9.10. The summed E-state index contributed by atoms with van der Waals surface area (Å²) in [6.07, 6.45) is 1.22. The quantitative estimate of drug-likeness (QED) is 0.740. The molecule has 0 aliphatic rings. The normalized spacial score (nSPS) is 10.2. The molecule has 0 saturated carbocycles. The Kier molecular flexibility index (Phi) is 6.19. The van der Waals surface area contributed by atoms with E-state index in [2.05, 4.69) is 26.6 Å². The molecule has 6 heteroatoms. The van der Waals surface area contributed by atoms with E-state index in [0.717, 1.165) is 10.9 Å². The average Bonchev–Trinajstić information content (AvgIpc) is 2.50. The number of nitrogens with one attached hydrogen (secondary N) is 2.